The summed E-state index contributed by atoms with van der Waals surface area (Å²) in [5.41, 5.74) is 5.88. The summed E-state index contributed by atoms with van der Waals surface area (Å²) in [5.74, 6) is 0.413. The van der Waals surface area contributed by atoms with Gasteiger partial charge in [0.25, 0.3) is 11.7 Å². The first-order chi connectivity index (χ1) is 7.16. The molecular weight excluding hydrogens is 198 g/mol. The van der Waals surface area contributed by atoms with Crippen molar-refractivity contribution in [2.24, 2.45) is 0 Å². The van der Waals surface area contributed by atoms with Gasteiger partial charge in [0.1, 0.15) is 0 Å². The number of aromatic nitrogens is 1. The number of nitro groups is 1. The van der Waals surface area contributed by atoms with Gasteiger partial charge in [0, 0.05) is 17.7 Å². The lowest BCUT2D eigenvalue weighted by atomic mass is 10.2. The maximum absolute atomic E-state index is 10.5. The van der Waals surface area contributed by atoms with E-state index in [1.54, 1.807) is 12.1 Å². The third-order valence-corrected chi connectivity index (χ3v) is 1.87. The molecule has 0 aliphatic rings. The monoisotopic (exact) mass is 205 g/mol. The molecule has 6 nitrogen and oxygen atoms in total. The summed E-state index contributed by atoms with van der Waals surface area (Å²) < 4.78 is 5.05. The number of nitrogens with zero attached hydrogens (tertiary/aromatic N) is 2. The largest absolute Gasteiger partial charge is 0.424 e. The van der Waals surface area contributed by atoms with Gasteiger partial charge in [0.05, 0.1) is 11.1 Å². The third kappa shape index (κ3) is 1.78. The lowest BCUT2D eigenvalue weighted by Gasteiger charge is -1.95. The zero-order valence-electron chi connectivity index (χ0n) is 7.58. The molecule has 2 aromatic rings. The van der Waals surface area contributed by atoms with Crippen molar-refractivity contribution in [2.75, 3.05) is 5.73 Å². The standard InChI is InChI=1S/C9H7N3O3/c10-9-11-5-8(15-9)6-2-1-3-7(4-6)12(13)14/h1-5H,(H2,10,11). The molecule has 0 amide bonds. The second kappa shape index (κ2) is 3.41. The highest BCUT2D eigenvalue weighted by molar-refractivity contribution is 5.60. The van der Waals surface area contributed by atoms with Gasteiger partial charge in [0.2, 0.25) is 0 Å². The molecule has 0 atom stereocenters. The van der Waals surface area contributed by atoms with Crippen LogP contribution in [-0.2, 0) is 0 Å². The topological polar surface area (TPSA) is 95.2 Å². The van der Waals surface area contributed by atoms with Crippen molar-refractivity contribution in [1.82, 2.24) is 4.98 Å². The van der Waals surface area contributed by atoms with Crippen LogP contribution in [0, 0.1) is 10.1 Å². The van der Waals surface area contributed by atoms with Gasteiger partial charge in [0.15, 0.2) is 5.76 Å². The Labute approximate surface area is 84.5 Å². The summed E-state index contributed by atoms with van der Waals surface area (Å²) in [4.78, 5) is 13.8. The smallest absolute Gasteiger partial charge is 0.292 e. The fourth-order valence-corrected chi connectivity index (χ4v) is 1.19. The van der Waals surface area contributed by atoms with Gasteiger partial charge in [-0.25, -0.2) is 4.98 Å². The molecule has 15 heavy (non-hydrogen) atoms. The molecule has 0 saturated carbocycles. The second-order valence-corrected chi connectivity index (χ2v) is 2.87. The predicted octanol–water partition coefficient (Wildman–Crippen LogP) is 1.83. The Bertz CT molecular complexity index is 507. The molecule has 0 fully saturated rings. The first-order valence-corrected chi connectivity index (χ1v) is 4.13. The van der Waals surface area contributed by atoms with Gasteiger partial charge in [-0.15, -0.1) is 0 Å². The van der Waals surface area contributed by atoms with Crippen LogP contribution < -0.4 is 5.73 Å². The zero-order chi connectivity index (χ0) is 10.8. The average molecular weight is 205 g/mol. The molecule has 1 aromatic carbocycles. The SMILES string of the molecule is Nc1ncc(-c2cccc([N+](=O)[O-])c2)o1. The van der Waals surface area contributed by atoms with Crippen LogP contribution in [0.25, 0.3) is 11.3 Å². The van der Waals surface area contributed by atoms with E-state index in [9.17, 15) is 10.1 Å². The first-order valence-electron chi connectivity index (χ1n) is 4.13. The molecule has 0 saturated heterocycles. The van der Waals surface area contributed by atoms with E-state index in [2.05, 4.69) is 4.98 Å². The fraction of sp³-hybridized carbons (Fsp3) is 0. The Balaban J connectivity index is 2.45. The van der Waals surface area contributed by atoms with Crippen molar-refractivity contribution < 1.29 is 9.34 Å². The molecule has 1 aromatic heterocycles. The van der Waals surface area contributed by atoms with Crippen LogP contribution in [0.4, 0.5) is 11.7 Å². The summed E-state index contributed by atoms with van der Waals surface area (Å²) in [6, 6.07) is 6.11. The molecule has 0 aliphatic carbocycles. The molecule has 6 heteroatoms. The quantitative estimate of drug-likeness (QED) is 0.596. The van der Waals surface area contributed by atoms with Crippen molar-refractivity contribution >= 4 is 11.7 Å². The van der Waals surface area contributed by atoms with E-state index in [1.165, 1.54) is 18.3 Å². The van der Waals surface area contributed by atoms with E-state index < -0.39 is 4.92 Å². The number of nitro benzene ring substituents is 1. The summed E-state index contributed by atoms with van der Waals surface area (Å²) >= 11 is 0. The van der Waals surface area contributed by atoms with Gasteiger partial charge >= 0.3 is 0 Å². The number of nitrogens with two attached hydrogens (primary N) is 1. The highest BCUT2D eigenvalue weighted by Gasteiger charge is 2.09. The maximum Gasteiger partial charge on any atom is 0.292 e. The van der Waals surface area contributed by atoms with E-state index >= 15 is 0 Å². The zero-order valence-corrected chi connectivity index (χ0v) is 7.58. The van der Waals surface area contributed by atoms with E-state index in [-0.39, 0.29) is 11.7 Å². The number of oxazole rings is 1. The van der Waals surface area contributed by atoms with Crippen LogP contribution in [0.15, 0.2) is 34.9 Å². The molecule has 0 unspecified atom stereocenters. The van der Waals surface area contributed by atoms with Gasteiger partial charge < -0.3 is 10.2 Å². The summed E-state index contributed by atoms with van der Waals surface area (Å²) in [6.45, 7) is 0. The summed E-state index contributed by atoms with van der Waals surface area (Å²) in [6.07, 6.45) is 1.42. The highest BCUT2D eigenvalue weighted by Crippen LogP contribution is 2.24. The number of nitrogen functional groups attached to an aromatic ring is 1. The Morgan fingerprint density at radius 3 is 2.87 bits per heavy atom. The highest BCUT2D eigenvalue weighted by atomic mass is 16.6. The van der Waals surface area contributed by atoms with Crippen LogP contribution >= 0.6 is 0 Å². The molecule has 0 bridgehead atoms. The van der Waals surface area contributed by atoms with Crippen LogP contribution in [0.5, 0.6) is 0 Å². The molecular formula is C9H7N3O3. The molecule has 0 radical (unpaired) electrons. The number of non-ortho nitro benzene ring substituents is 1. The van der Waals surface area contributed by atoms with Crippen LogP contribution in [0.1, 0.15) is 0 Å². The van der Waals surface area contributed by atoms with Gasteiger partial charge in [-0.2, -0.15) is 0 Å². The van der Waals surface area contributed by atoms with Crippen molar-refractivity contribution in [1.29, 1.82) is 0 Å². The van der Waals surface area contributed by atoms with Crippen LogP contribution in [0.3, 0.4) is 0 Å². The molecule has 2 N–H and O–H groups in total. The fourth-order valence-electron chi connectivity index (χ4n) is 1.19. The van der Waals surface area contributed by atoms with Crippen LogP contribution in [0.2, 0.25) is 0 Å². The minimum absolute atomic E-state index is 0.00229. The number of benzene rings is 1. The first kappa shape index (κ1) is 9.20. The predicted molar refractivity (Wildman–Crippen MR) is 53.0 cm³/mol. The second-order valence-electron chi connectivity index (χ2n) is 2.87. The number of rotatable bonds is 2. The minimum atomic E-state index is -0.469. The van der Waals surface area contributed by atoms with Gasteiger partial charge in [-0.3, -0.25) is 10.1 Å². The normalized spacial score (nSPS) is 10.1. The molecule has 1 heterocycles. The van der Waals surface area contributed by atoms with E-state index in [1.807, 2.05) is 0 Å². The Hall–Kier alpha value is -2.37. The number of hydrogen-bond donors (Lipinski definition) is 1. The van der Waals surface area contributed by atoms with Crippen molar-refractivity contribution in [2.45, 2.75) is 0 Å². The maximum atomic E-state index is 10.5. The van der Waals surface area contributed by atoms with Gasteiger partial charge in [-0.05, 0) is 0 Å². The molecule has 2 rings (SSSR count). The Kier molecular flexibility index (Phi) is 2.09. The lowest BCUT2D eigenvalue weighted by Crippen LogP contribution is -1.87. The molecule has 76 valence electrons. The Morgan fingerprint density at radius 2 is 2.27 bits per heavy atom. The van der Waals surface area contributed by atoms with E-state index in [0.717, 1.165) is 0 Å². The summed E-state index contributed by atoms with van der Waals surface area (Å²) in [7, 11) is 0. The number of hydrogen-bond acceptors (Lipinski definition) is 5. The van der Waals surface area contributed by atoms with E-state index in [0.29, 0.717) is 11.3 Å². The third-order valence-electron chi connectivity index (χ3n) is 1.87. The minimum Gasteiger partial charge on any atom is -0.424 e. The van der Waals surface area contributed by atoms with Gasteiger partial charge in [-0.1, -0.05) is 12.1 Å². The molecule has 0 aliphatic heterocycles. The number of anilines is 1. The molecule has 0 spiro atoms. The summed E-state index contributed by atoms with van der Waals surface area (Å²) in [5, 5.41) is 10.5. The average Bonchev–Trinajstić information content (AvgIpc) is 2.65. The van der Waals surface area contributed by atoms with Crippen molar-refractivity contribution in [3.8, 4) is 11.3 Å². The van der Waals surface area contributed by atoms with Crippen molar-refractivity contribution in [3.63, 3.8) is 0 Å². The Morgan fingerprint density at radius 1 is 1.47 bits per heavy atom. The van der Waals surface area contributed by atoms with E-state index in [4.69, 9.17) is 10.2 Å². The van der Waals surface area contributed by atoms with Crippen molar-refractivity contribution in [3.05, 3.63) is 40.6 Å². The lowest BCUT2D eigenvalue weighted by molar-refractivity contribution is -0.384. The van der Waals surface area contributed by atoms with Crippen LogP contribution in [-0.4, -0.2) is 9.91 Å².